The number of rotatable bonds is 8. The maximum absolute atomic E-state index is 11.6. The SMILES string of the molecule is CC.CC.CCC(CNC(=O)CNC(=O)C[C@H](C)O)CC(C)(C)C.CO. The summed E-state index contributed by atoms with van der Waals surface area (Å²) < 4.78 is 0. The summed E-state index contributed by atoms with van der Waals surface area (Å²) in [6.45, 7) is 18.8. The van der Waals surface area contributed by atoms with Gasteiger partial charge in [0.05, 0.1) is 19.1 Å². The molecule has 1 unspecified atom stereocenters. The van der Waals surface area contributed by atoms with Crippen LogP contribution in [0.1, 0.15) is 81.6 Å². The van der Waals surface area contributed by atoms with E-state index in [0.29, 0.717) is 12.5 Å². The molecule has 0 bridgehead atoms. The second-order valence-electron chi connectivity index (χ2n) is 6.67. The van der Waals surface area contributed by atoms with Gasteiger partial charge < -0.3 is 20.8 Å². The van der Waals surface area contributed by atoms with Crippen LogP contribution >= 0.6 is 0 Å². The zero-order valence-corrected chi connectivity index (χ0v) is 18.9. The number of aliphatic hydroxyl groups is 2. The highest BCUT2D eigenvalue weighted by Crippen LogP contribution is 2.25. The van der Waals surface area contributed by atoms with Crippen LogP contribution in [0.25, 0.3) is 0 Å². The Morgan fingerprint density at radius 2 is 1.42 bits per heavy atom. The molecule has 0 aromatic rings. The highest BCUT2D eigenvalue weighted by atomic mass is 16.3. The van der Waals surface area contributed by atoms with E-state index in [0.717, 1.165) is 20.0 Å². The van der Waals surface area contributed by atoms with E-state index in [9.17, 15) is 9.59 Å². The van der Waals surface area contributed by atoms with Crippen LogP contribution in [-0.4, -0.2) is 48.3 Å². The number of nitrogens with one attached hydrogen (secondary N) is 2. The van der Waals surface area contributed by atoms with Crippen LogP contribution in [-0.2, 0) is 9.59 Å². The van der Waals surface area contributed by atoms with E-state index < -0.39 is 6.10 Å². The fourth-order valence-electron chi connectivity index (χ4n) is 2.07. The summed E-state index contributed by atoms with van der Waals surface area (Å²) in [5, 5.41) is 21.4. The average molecular weight is 379 g/mol. The normalized spacial score (nSPS) is 11.8. The van der Waals surface area contributed by atoms with Crippen LogP contribution in [0.4, 0.5) is 0 Å². The van der Waals surface area contributed by atoms with Crippen LogP contribution in [0.2, 0.25) is 0 Å². The molecule has 0 radical (unpaired) electrons. The maximum Gasteiger partial charge on any atom is 0.239 e. The molecule has 0 saturated carbocycles. The summed E-state index contributed by atoms with van der Waals surface area (Å²) >= 11 is 0. The Labute approximate surface area is 162 Å². The monoisotopic (exact) mass is 378 g/mol. The lowest BCUT2D eigenvalue weighted by Gasteiger charge is -2.25. The highest BCUT2D eigenvalue weighted by molar-refractivity contribution is 5.84. The predicted molar refractivity (Wildman–Crippen MR) is 111 cm³/mol. The fourth-order valence-corrected chi connectivity index (χ4v) is 2.07. The van der Waals surface area contributed by atoms with Crippen molar-refractivity contribution < 1.29 is 19.8 Å². The van der Waals surface area contributed by atoms with Crippen LogP contribution in [0.5, 0.6) is 0 Å². The van der Waals surface area contributed by atoms with Gasteiger partial charge in [-0.3, -0.25) is 9.59 Å². The third-order valence-corrected chi connectivity index (χ3v) is 2.99. The Bertz CT molecular complexity index is 313. The van der Waals surface area contributed by atoms with Crippen LogP contribution in [0.15, 0.2) is 0 Å². The fraction of sp³-hybridized carbons (Fsp3) is 0.900. The summed E-state index contributed by atoms with van der Waals surface area (Å²) in [5.74, 6) is -0.0414. The average Bonchev–Trinajstić information content (AvgIpc) is 2.60. The molecule has 0 aromatic carbocycles. The van der Waals surface area contributed by atoms with Gasteiger partial charge in [0, 0.05) is 13.7 Å². The van der Waals surface area contributed by atoms with E-state index in [2.05, 4.69) is 38.3 Å². The van der Waals surface area contributed by atoms with Crippen LogP contribution in [0, 0.1) is 11.3 Å². The lowest BCUT2D eigenvalue weighted by Crippen LogP contribution is -2.39. The molecule has 0 fully saturated rings. The minimum atomic E-state index is -0.686. The van der Waals surface area contributed by atoms with Crippen molar-refractivity contribution in [3.05, 3.63) is 0 Å². The first-order valence-electron chi connectivity index (χ1n) is 9.80. The molecule has 2 amide bonds. The van der Waals surface area contributed by atoms with Gasteiger partial charge in [-0.05, 0) is 24.7 Å². The van der Waals surface area contributed by atoms with Gasteiger partial charge >= 0.3 is 0 Å². The molecule has 4 N–H and O–H groups in total. The minimum Gasteiger partial charge on any atom is -0.400 e. The van der Waals surface area contributed by atoms with Gasteiger partial charge in [-0.25, -0.2) is 0 Å². The van der Waals surface area contributed by atoms with Crippen molar-refractivity contribution >= 4 is 11.8 Å². The van der Waals surface area contributed by atoms with Gasteiger partial charge in [0.2, 0.25) is 11.8 Å². The molecular formula is C20H46N2O4. The van der Waals surface area contributed by atoms with Crippen LogP contribution < -0.4 is 10.6 Å². The molecule has 0 spiro atoms. The molecule has 0 aromatic heterocycles. The molecule has 6 heteroatoms. The second-order valence-corrected chi connectivity index (χ2v) is 6.67. The van der Waals surface area contributed by atoms with E-state index in [1.165, 1.54) is 6.92 Å². The number of amides is 2. The molecule has 0 saturated heterocycles. The lowest BCUT2D eigenvalue weighted by molar-refractivity contribution is -0.127. The molecule has 160 valence electrons. The molecular weight excluding hydrogens is 332 g/mol. The first kappa shape index (κ1) is 32.5. The van der Waals surface area contributed by atoms with Crippen molar-refractivity contribution in [1.82, 2.24) is 10.6 Å². The zero-order chi connectivity index (χ0) is 21.8. The molecule has 2 atom stereocenters. The number of hydrogen-bond donors (Lipinski definition) is 4. The summed E-state index contributed by atoms with van der Waals surface area (Å²) in [6, 6.07) is 0. The maximum atomic E-state index is 11.6. The second kappa shape index (κ2) is 21.9. The van der Waals surface area contributed by atoms with Crippen molar-refractivity contribution in [2.75, 3.05) is 20.2 Å². The van der Waals surface area contributed by atoms with Gasteiger partial charge in [0.15, 0.2) is 0 Å². The molecule has 0 rings (SSSR count). The molecule has 0 aliphatic rings. The third kappa shape index (κ3) is 27.7. The summed E-state index contributed by atoms with van der Waals surface area (Å²) in [4.78, 5) is 22.9. The van der Waals surface area contributed by atoms with Gasteiger partial charge in [-0.15, -0.1) is 0 Å². The Morgan fingerprint density at radius 3 is 1.77 bits per heavy atom. The smallest absolute Gasteiger partial charge is 0.239 e. The topological polar surface area (TPSA) is 98.7 Å². The van der Waals surface area contributed by atoms with E-state index in [4.69, 9.17) is 10.2 Å². The Morgan fingerprint density at radius 1 is 0.962 bits per heavy atom. The van der Waals surface area contributed by atoms with Crippen molar-refractivity contribution in [2.45, 2.75) is 87.7 Å². The molecule has 0 aliphatic carbocycles. The Hall–Kier alpha value is -1.14. The highest BCUT2D eigenvalue weighted by Gasteiger charge is 2.18. The van der Waals surface area contributed by atoms with Crippen molar-refractivity contribution in [2.24, 2.45) is 11.3 Å². The molecule has 0 heterocycles. The van der Waals surface area contributed by atoms with Gasteiger partial charge in [-0.1, -0.05) is 61.8 Å². The van der Waals surface area contributed by atoms with E-state index in [1.807, 2.05) is 27.7 Å². The number of carbonyl (C=O) groups is 2. The first-order valence-corrected chi connectivity index (χ1v) is 9.80. The standard InChI is InChI=1S/C15H30N2O3.2C2H6.CH4O/c1-6-12(8-15(3,4)5)9-16-14(20)10-17-13(19)7-11(2)18;3*1-2/h11-12,18H,6-10H2,1-5H3,(H,16,20)(H,17,19);2*1-2H3;2H,1H3/t11-,12?;;;/m0.../s1. The quantitative estimate of drug-likeness (QED) is 0.521. The van der Waals surface area contributed by atoms with Gasteiger partial charge in [0.25, 0.3) is 0 Å². The Balaban J connectivity index is -0.000000362. The van der Waals surface area contributed by atoms with E-state index >= 15 is 0 Å². The van der Waals surface area contributed by atoms with E-state index in [-0.39, 0.29) is 30.2 Å². The largest absolute Gasteiger partial charge is 0.400 e. The van der Waals surface area contributed by atoms with Crippen molar-refractivity contribution in [3.8, 4) is 0 Å². The minimum absolute atomic E-state index is 0.0227. The predicted octanol–water partition coefficient (Wildman–Crippen LogP) is 3.11. The summed E-state index contributed by atoms with van der Waals surface area (Å²) in [5.41, 5.74) is 0.247. The third-order valence-electron chi connectivity index (χ3n) is 2.99. The molecule has 6 nitrogen and oxygen atoms in total. The molecule has 26 heavy (non-hydrogen) atoms. The zero-order valence-electron chi connectivity index (χ0n) is 18.9. The number of carbonyl (C=O) groups excluding carboxylic acids is 2. The lowest BCUT2D eigenvalue weighted by atomic mass is 9.83. The van der Waals surface area contributed by atoms with E-state index in [1.54, 1.807) is 0 Å². The van der Waals surface area contributed by atoms with Crippen molar-refractivity contribution in [1.29, 1.82) is 0 Å². The summed E-state index contributed by atoms with van der Waals surface area (Å²) in [7, 11) is 1.00. The van der Waals surface area contributed by atoms with Crippen LogP contribution in [0.3, 0.4) is 0 Å². The van der Waals surface area contributed by atoms with Gasteiger partial charge in [-0.2, -0.15) is 0 Å². The van der Waals surface area contributed by atoms with Crippen molar-refractivity contribution in [3.63, 3.8) is 0 Å². The molecule has 0 aliphatic heterocycles. The Kier molecular flexibility index (Phi) is 27.4. The first-order chi connectivity index (χ1) is 12.1. The number of aliphatic hydroxyl groups excluding tert-OH is 2. The number of hydrogen-bond acceptors (Lipinski definition) is 4. The van der Waals surface area contributed by atoms with Gasteiger partial charge in [0.1, 0.15) is 0 Å². The summed E-state index contributed by atoms with van der Waals surface area (Å²) in [6.07, 6.45) is 1.41.